The Balaban J connectivity index is 1.91. The quantitative estimate of drug-likeness (QED) is 0.174. The predicted octanol–water partition coefficient (Wildman–Crippen LogP) is 10.7. The van der Waals surface area contributed by atoms with E-state index in [1.54, 1.807) is 0 Å². The van der Waals surface area contributed by atoms with E-state index in [4.69, 9.17) is 0 Å². The van der Waals surface area contributed by atoms with Crippen LogP contribution in [0.2, 0.25) is 0 Å². The van der Waals surface area contributed by atoms with Crippen LogP contribution in [0.3, 0.4) is 0 Å². The first-order valence-electron chi connectivity index (χ1n) is 15.1. The van der Waals surface area contributed by atoms with Gasteiger partial charge in [0.15, 0.2) is 0 Å². The summed E-state index contributed by atoms with van der Waals surface area (Å²) in [6, 6.07) is 0. The van der Waals surface area contributed by atoms with Crippen molar-refractivity contribution < 1.29 is 4.79 Å². The third-order valence-corrected chi connectivity index (χ3v) is 8.48. The molecular formula is C40H52OSe. The third-order valence-electron chi connectivity index (χ3n) is 7.87. The van der Waals surface area contributed by atoms with Crippen molar-refractivity contribution in [3.05, 3.63) is 130 Å². The summed E-state index contributed by atoms with van der Waals surface area (Å²) in [6.07, 6.45) is 33.5. The zero-order valence-electron chi connectivity index (χ0n) is 27.7. The summed E-state index contributed by atoms with van der Waals surface area (Å²) in [6.45, 7) is 21.8. The second-order valence-electron chi connectivity index (χ2n) is 13.4. The van der Waals surface area contributed by atoms with E-state index in [1.807, 2.05) is 0 Å². The van der Waals surface area contributed by atoms with Crippen LogP contribution in [0.1, 0.15) is 94.9 Å². The molecule has 0 aromatic carbocycles. The molecule has 0 unspecified atom stereocenters. The molecule has 0 saturated carbocycles. The summed E-state index contributed by atoms with van der Waals surface area (Å²) in [4.78, 5) is 12.0. The number of carbonyl (C=O) groups excluding carboxylic acids is 1. The fourth-order valence-corrected chi connectivity index (χ4v) is 6.96. The van der Waals surface area contributed by atoms with E-state index in [9.17, 15) is 4.79 Å². The van der Waals surface area contributed by atoms with Crippen molar-refractivity contribution >= 4 is 25.8 Å². The van der Waals surface area contributed by atoms with Gasteiger partial charge in [-0.1, -0.05) is 79.2 Å². The monoisotopic (exact) mass is 628 g/mol. The van der Waals surface area contributed by atoms with Crippen LogP contribution in [0.25, 0.3) is 0 Å². The molecule has 0 fully saturated rings. The first-order valence-corrected chi connectivity index (χ1v) is 16.0. The summed E-state index contributed by atoms with van der Waals surface area (Å²) in [5.41, 5.74) is 10.3. The van der Waals surface area contributed by atoms with Gasteiger partial charge in [0.05, 0.1) is 0 Å². The van der Waals surface area contributed by atoms with Crippen LogP contribution in [0, 0.1) is 10.8 Å². The molecular weight excluding hydrogens is 575 g/mol. The maximum atomic E-state index is 12.0. The largest absolute Gasteiger partial charge is 0.299 e. The molecule has 0 N–H and O–H groups in total. The average molecular weight is 628 g/mol. The van der Waals surface area contributed by atoms with Crippen LogP contribution in [-0.4, -0.2) is 25.8 Å². The Morgan fingerprint density at radius 1 is 0.595 bits per heavy atom. The maximum Gasteiger partial charge on any atom is 0.137 e. The second-order valence-corrected chi connectivity index (χ2v) is 14.6. The number of Topliss-reactive ketones (excluding diaryl/α,β-unsaturated/α-hetero) is 1. The molecule has 2 heteroatoms. The van der Waals surface area contributed by atoms with E-state index in [0.717, 1.165) is 12.8 Å². The Labute approximate surface area is 265 Å². The van der Waals surface area contributed by atoms with Crippen molar-refractivity contribution in [1.82, 2.24) is 0 Å². The molecule has 42 heavy (non-hydrogen) atoms. The van der Waals surface area contributed by atoms with Gasteiger partial charge in [-0.3, -0.25) is 4.79 Å². The summed E-state index contributed by atoms with van der Waals surface area (Å²) in [5.74, 6) is 0.342. The van der Waals surface area contributed by atoms with Gasteiger partial charge in [0, 0.05) is 12.8 Å². The van der Waals surface area contributed by atoms with Crippen molar-refractivity contribution in [2.24, 2.45) is 10.8 Å². The summed E-state index contributed by atoms with van der Waals surface area (Å²) in [7, 11) is 0. The van der Waals surface area contributed by atoms with Crippen LogP contribution in [0.5, 0.6) is 0 Å². The van der Waals surface area contributed by atoms with Crippen LogP contribution < -0.4 is 0 Å². The zero-order chi connectivity index (χ0) is 31.5. The fraction of sp³-hybridized carbons (Fsp3) is 0.400. The third kappa shape index (κ3) is 11.8. The van der Waals surface area contributed by atoms with Crippen LogP contribution in [-0.2, 0) is 4.79 Å². The molecule has 0 amide bonds. The van der Waals surface area contributed by atoms with E-state index in [-0.39, 0.29) is 10.8 Å². The van der Waals surface area contributed by atoms with Crippen molar-refractivity contribution in [2.45, 2.75) is 94.9 Å². The molecule has 1 nitrogen and oxygen atoms in total. The first-order chi connectivity index (χ1) is 19.6. The van der Waals surface area contributed by atoms with Gasteiger partial charge in [0.2, 0.25) is 0 Å². The SMILES string of the molecule is CC1=C(/C=C/C(C)=C/C=C/C(C)=C/C=C/C=C(C)/C=C/C=C(C)/C=C/C2=C(C)CC(=[Se])CC2(C)C)C(C)(C)CC(=O)C1. The summed E-state index contributed by atoms with van der Waals surface area (Å²) < 4.78 is 1.46. The van der Waals surface area contributed by atoms with E-state index in [0.29, 0.717) is 18.6 Å². The number of hydrogen-bond acceptors (Lipinski definition) is 1. The second kappa shape index (κ2) is 16.2. The smallest absolute Gasteiger partial charge is 0.137 e. The predicted molar refractivity (Wildman–Crippen MR) is 188 cm³/mol. The summed E-state index contributed by atoms with van der Waals surface area (Å²) >= 11 is 3.25. The van der Waals surface area contributed by atoms with Gasteiger partial charge in [-0.05, 0) is 31.8 Å². The number of ketones is 1. The van der Waals surface area contributed by atoms with Crippen molar-refractivity contribution in [3.63, 3.8) is 0 Å². The Kier molecular flexibility index (Phi) is 13.6. The molecule has 0 aromatic rings. The van der Waals surface area contributed by atoms with Gasteiger partial charge in [-0.25, -0.2) is 0 Å². The van der Waals surface area contributed by atoms with Gasteiger partial charge in [-0.15, -0.1) is 0 Å². The van der Waals surface area contributed by atoms with Crippen LogP contribution in [0.4, 0.5) is 0 Å². The van der Waals surface area contributed by atoms with E-state index >= 15 is 0 Å². The Bertz CT molecular complexity index is 1270. The molecule has 0 bridgehead atoms. The summed E-state index contributed by atoms with van der Waals surface area (Å²) in [5, 5.41) is 0. The minimum absolute atomic E-state index is 0.0891. The van der Waals surface area contributed by atoms with E-state index in [2.05, 4.69) is 170 Å². The van der Waals surface area contributed by atoms with E-state index < -0.39 is 0 Å². The van der Waals surface area contributed by atoms with Gasteiger partial charge in [0.25, 0.3) is 0 Å². The Morgan fingerprint density at radius 3 is 1.40 bits per heavy atom. The first kappa shape index (κ1) is 35.4. The van der Waals surface area contributed by atoms with E-state index in [1.165, 1.54) is 49.0 Å². The molecule has 2 rings (SSSR count). The molecule has 0 aliphatic heterocycles. The molecule has 0 aromatic heterocycles. The number of carbonyl (C=O) groups is 1. The van der Waals surface area contributed by atoms with Crippen LogP contribution in [0.15, 0.2) is 130 Å². The average Bonchev–Trinajstić information content (AvgIpc) is 2.84. The van der Waals surface area contributed by atoms with Gasteiger partial charge in [-0.2, -0.15) is 0 Å². The topological polar surface area (TPSA) is 17.1 Å². The maximum absolute atomic E-state index is 12.0. The molecule has 224 valence electrons. The molecule has 2 aliphatic carbocycles. The van der Waals surface area contributed by atoms with Gasteiger partial charge < -0.3 is 0 Å². The van der Waals surface area contributed by atoms with Gasteiger partial charge >= 0.3 is 132 Å². The minimum Gasteiger partial charge on any atom is -0.299 e. The van der Waals surface area contributed by atoms with Crippen LogP contribution >= 0.6 is 0 Å². The fourth-order valence-electron chi connectivity index (χ4n) is 5.74. The zero-order valence-corrected chi connectivity index (χ0v) is 29.4. The van der Waals surface area contributed by atoms with Crippen molar-refractivity contribution in [2.75, 3.05) is 0 Å². The van der Waals surface area contributed by atoms with Crippen molar-refractivity contribution in [1.29, 1.82) is 0 Å². The standard InChI is InChI=1S/C40H52OSe/c1-29(17-13-19-31(3)21-23-37-33(5)25-35(41)27-39(37,7)8)15-11-12-16-30(2)18-14-20-32(4)22-24-38-34(6)26-36(42)28-40(38,9)10/h11-24H,25-28H2,1-10H3/b12-11+,17-13+,18-14+,23-21+,24-22+,29-15+,30-16+,31-19+,32-20+. The Morgan fingerprint density at radius 2 is 0.976 bits per heavy atom. The normalized spacial score (nSPS) is 21.6. The molecule has 0 spiro atoms. The molecule has 0 radical (unpaired) electrons. The number of allylic oxidation sites excluding steroid dienone is 22. The van der Waals surface area contributed by atoms with Crippen molar-refractivity contribution in [3.8, 4) is 0 Å². The molecule has 0 heterocycles. The number of rotatable bonds is 10. The van der Waals surface area contributed by atoms with Gasteiger partial charge in [0.1, 0.15) is 5.78 Å². The molecule has 2 aliphatic rings. The molecule has 0 atom stereocenters. The Hall–Kier alpha value is -2.80. The minimum atomic E-state index is -0.0891. The number of hydrogen-bond donors (Lipinski definition) is 0. The molecule has 0 saturated heterocycles.